The zero-order valence-electron chi connectivity index (χ0n) is 7.18. The molecule has 0 N–H and O–H groups in total. The molecule has 1 aliphatic rings. The first-order valence-corrected chi connectivity index (χ1v) is 5.27. The average Bonchev–Trinajstić information content (AvgIpc) is 2.04. The molecular formula is C10H12IN. The highest BCUT2D eigenvalue weighted by Crippen LogP contribution is 2.29. The number of hydrogen-bond donors (Lipinski definition) is 0. The van der Waals surface area contributed by atoms with Gasteiger partial charge in [-0.2, -0.15) is 0 Å². The highest BCUT2D eigenvalue weighted by Gasteiger charge is 2.13. The number of halogens is 1. The van der Waals surface area contributed by atoms with E-state index in [0.717, 1.165) is 0 Å². The molecule has 0 unspecified atom stereocenters. The Morgan fingerprint density at radius 3 is 3.08 bits per heavy atom. The van der Waals surface area contributed by atoms with Crippen LogP contribution in [0, 0.1) is 6.92 Å². The number of nitrogens with zero attached hydrogens (tertiary/aromatic N) is 1. The molecule has 0 bridgehead atoms. The molecule has 1 heterocycles. The summed E-state index contributed by atoms with van der Waals surface area (Å²) in [7, 11) is 0. The third-order valence-corrected chi connectivity index (χ3v) is 3.30. The Hall–Kier alpha value is -0.250. The molecule has 0 spiro atoms. The number of aryl methyl sites for hydroxylation is 2. The van der Waals surface area contributed by atoms with E-state index in [1.54, 1.807) is 0 Å². The largest absolute Gasteiger partial charge is 0.315 e. The molecule has 0 fully saturated rings. The Morgan fingerprint density at radius 1 is 1.42 bits per heavy atom. The predicted molar refractivity (Wildman–Crippen MR) is 60.9 cm³/mol. The van der Waals surface area contributed by atoms with Crippen molar-refractivity contribution in [3.05, 3.63) is 29.3 Å². The van der Waals surface area contributed by atoms with Gasteiger partial charge in [0.15, 0.2) is 0 Å². The summed E-state index contributed by atoms with van der Waals surface area (Å²) in [5.74, 6) is 0. The predicted octanol–water partition coefficient (Wildman–Crippen LogP) is 3.10. The maximum Gasteiger partial charge on any atom is 0.0591 e. The van der Waals surface area contributed by atoms with E-state index in [0.29, 0.717) is 0 Å². The topological polar surface area (TPSA) is 3.24 Å². The fourth-order valence-corrected chi connectivity index (χ4v) is 2.49. The summed E-state index contributed by atoms with van der Waals surface area (Å²) in [6, 6.07) is 6.73. The van der Waals surface area contributed by atoms with Crippen LogP contribution in [0.15, 0.2) is 18.2 Å². The van der Waals surface area contributed by atoms with Crippen molar-refractivity contribution in [1.82, 2.24) is 0 Å². The molecule has 1 aromatic rings. The molecule has 64 valence electrons. The van der Waals surface area contributed by atoms with Crippen LogP contribution in [0.4, 0.5) is 5.69 Å². The molecule has 0 atom stereocenters. The fraction of sp³-hybridized carbons (Fsp3) is 0.400. The monoisotopic (exact) mass is 273 g/mol. The van der Waals surface area contributed by atoms with Gasteiger partial charge in [0, 0.05) is 12.2 Å². The zero-order chi connectivity index (χ0) is 8.55. The van der Waals surface area contributed by atoms with E-state index in [2.05, 4.69) is 51.1 Å². The summed E-state index contributed by atoms with van der Waals surface area (Å²) in [5, 5.41) is 0. The molecule has 0 saturated heterocycles. The lowest BCUT2D eigenvalue weighted by Crippen LogP contribution is -2.18. The van der Waals surface area contributed by atoms with Crippen LogP contribution in [0.3, 0.4) is 0 Å². The first-order valence-electron chi connectivity index (χ1n) is 4.30. The Balaban J connectivity index is 2.46. The number of hydrogen-bond acceptors (Lipinski definition) is 1. The Kier molecular flexibility index (Phi) is 2.26. The summed E-state index contributed by atoms with van der Waals surface area (Å²) in [5.41, 5.74) is 4.29. The molecule has 0 amide bonds. The van der Waals surface area contributed by atoms with E-state index in [-0.39, 0.29) is 0 Å². The molecule has 0 saturated carbocycles. The lowest BCUT2D eigenvalue weighted by molar-refractivity contribution is 0.805. The normalized spacial score (nSPS) is 16.0. The minimum absolute atomic E-state index is 1.19. The van der Waals surface area contributed by atoms with Crippen molar-refractivity contribution in [2.75, 3.05) is 9.66 Å². The molecular weight excluding hydrogens is 261 g/mol. The first kappa shape index (κ1) is 8.35. The molecule has 1 aliphatic heterocycles. The third-order valence-electron chi connectivity index (χ3n) is 2.30. The van der Waals surface area contributed by atoms with Crippen LogP contribution in [0.1, 0.15) is 17.5 Å². The van der Waals surface area contributed by atoms with Crippen LogP contribution in [-0.4, -0.2) is 6.54 Å². The molecule has 0 aliphatic carbocycles. The van der Waals surface area contributed by atoms with E-state index in [1.165, 1.54) is 36.2 Å². The van der Waals surface area contributed by atoms with Gasteiger partial charge in [-0.3, -0.25) is 0 Å². The Morgan fingerprint density at radius 2 is 2.25 bits per heavy atom. The maximum atomic E-state index is 2.39. The molecule has 0 aromatic heterocycles. The van der Waals surface area contributed by atoms with Gasteiger partial charge >= 0.3 is 0 Å². The van der Waals surface area contributed by atoms with E-state index < -0.39 is 0 Å². The summed E-state index contributed by atoms with van der Waals surface area (Å²) >= 11 is 2.39. The maximum absolute atomic E-state index is 2.39. The van der Waals surface area contributed by atoms with Crippen LogP contribution in [0.25, 0.3) is 0 Å². The van der Waals surface area contributed by atoms with Crippen LogP contribution >= 0.6 is 22.9 Å². The summed E-state index contributed by atoms with van der Waals surface area (Å²) in [6.45, 7) is 3.35. The van der Waals surface area contributed by atoms with E-state index in [9.17, 15) is 0 Å². The SMILES string of the molecule is Cc1ccc2c(c1)CCCN2I. The summed E-state index contributed by atoms with van der Waals surface area (Å²) in [4.78, 5) is 0. The van der Waals surface area contributed by atoms with Gasteiger partial charge in [0.05, 0.1) is 22.9 Å². The van der Waals surface area contributed by atoms with Crippen molar-refractivity contribution >= 4 is 28.6 Å². The second kappa shape index (κ2) is 3.24. The van der Waals surface area contributed by atoms with Gasteiger partial charge in [0.1, 0.15) is 0 Å². The fourth-order valence-electron chi connectivity index (χ4n) is 1.68. The van der Waals surface area contributed by atoms with Crippen molar-refractivity contribution in [3.8, 4) is 0 Å². The van der Waals surface area contributed by atoms with Crippen LogP contribution in [0.2, 0.25) is 0 Å². The summed E-state index contributed by atoms with van der Waals surface area (Å²) in [6.07, 6.45) is 2.54. The quantitative estimate of drug-likeness (QED) is 0.518. The molecule has 1 aromatic carbocycles. The van der Waals surface area contributed by atoms with Gasteiger partial charge in [-0.25, -0.2) is 0 Å². The lowest BCUT2D eigenvalue weighted by Gasteiger charge is -2.25. The highest BCUT2D eigenvalue weighted by molar-refractivity contribution is 14.1. The number of fused-ring (bicyclic) bond motifs is 1. The number of rotatable bonds is 0. The van der Waals surface area contributed by atoms with E-state index >= 15 is 0 Å². The molecule has 12 heavy (non-hydrogen) atoms. The van der Waals surface area contributed by atoms with Gasteiger partial charge in [0.25, 0.3) is 0 Å². The van der Waals surface area contributed by atoms with Gasteiger partial charge in [-0.05, 0) is 31.4 Å². The van der Waals surface area contributed by atoms with E-state index in [1.807, 2.05) is 0 Å². The van der Waals surface area contributed by atoms with Crippen molar-refractivity contribution in [1.29, 1.82) is 0 Å². The third kappa shape index (κ3) is 1.44. The highest BCUT2D eigenvalue weighted by atomic mass is 127. The van der Waals surface area contributed by atoms with E-state index in [4.69, 9.17) is 0 Å². The molecule has 2 heteroatoms. The van der Waals surface area contributed by atoms with Crippen LogP contribution in [-0.2, 0) is 6.42 Å². The average molecular weight is 273 g/mol. The molecule has 2 rings (SSSR count). The molecule has 0 radical (unpaired) electrons. The number of benzene rings is 1. The minimum Gasteiger partial charge on any atom is -0.315 e. The minimum atomic E-state index is 1.19. The van der Waals surface area contributed by atoms with Gasteiger partial charge in [-0.15, -0.1) is 0 Å². The van der Waals surface area contributed by atoms with Gasteiger partial charge < -0.3 is 3.11 Å². The number of anilines is 1. The Bertz CT molecular complexity index is 296. The van der Waals surface area contributed by atoms with Crippen molar-refractivity contribution < 1.29 is 0 Å². The standard InChI is InChI=1S/C10H12IN/c1-8-4-5-10-9(7-8)3-2-6-12(10)11/h4-5,7H,2-3,6H2,1H3. The second-order valence-corrected chi connectivity index (χ2v) is 4.49. The smallest absolute Gasteiger partial charge is 0.0591 e. The molecule has 1 nitrogen and oxygen atoms in total. The van der Waals surface area contributed by atoms with Crippen molar-refractivity contribution in [2.24, 2.45) is 0 Å². The van der Waals surface area contributed by atoms with Crippen molar-refractivity contribution in [2.45, 2.75) is 19.8 Å². The summed E-state index contributed by atoms with van der Waals surface area (Å²) < 4.78 is 2.32. The zero-order valence-corrected chi connectivity index (χ0v) is 9.34. The lowest BCUT2D eigenvalue weighted by atomic mass is 10.0. The van der Waals surface area contributed by atoms with Crippen LogP contribution in [0.5, 0.6) is 0 Å². The second-order valence-electron chi connectivity index (χ2n) is 3.32. The first-order chi connectivity index (χ1) is 5.77. The van der Waals surface area contributed by atoms with Crippen LogP contribution < -0.4 is 3.11 Å². The van der Waals surface area contributed by atoms with Crippen molar-refractivity contribution in [3.63, 3.8) is 0 Å². The Labute approximate surface area is 87.3 Å². The van der Waals surface area contributed by atoms with Gasteiger partial charge in [-0.1, -0.05) is 17.7 Å². The van der Waals surface area contributed by atoms with Gasteiger partial charge in [0.2, 0.25) is 0 Å².